The fourth-order valence-electron chi connectivity index (χ4n) is 7.45. The summed E-state index contributed by atoms with van der Waals surface area (Å²) in [5.41, 5.74) is 9.25. The van der Waals surface area contributed by atoms with Crippen molar-refractivity contribution in [2.45, 2.75) is 39.5 Å². The first-order valence-corrected chi connectivity index (χ1v) is 17.0. The van der Waals surface area contributed by atoms with Gasteiger partial charge in [0, 0.05) is 29.0 Å². The summed E-state index contributed by atoms with van der Waals surface area (Å²) in [5, 5.41) is 4.81. The zero-order valence-corrected chi connectivity index (χ0v) is 27.7. The van der Waals surface area contributed by atoms with Crippen LogP contribution in [0, 0.1) is 0 Å². The first kappa shape index (κ1) is 28.7. The van der Waals surface area contributed by atoms with Crippen LogP contribution in [0.15, 0.2) is 133 Å². The molecule has 9 rings (SSSR count). The van der Waals surface area contributed by atoms with Crippen molar-refractivity contribution in [2.24, 2.45) is 0 Å². The lowest BCUT2D eigenvalue weighted by Crippen LogP contribution is -2.57. The van der Waals surface area contributed by atoms with Gasteiger partial charge < -0.3 is 14.4 Å². The van der Waals surface area contributed by atoms with E-state index in [0.717, 1.165) is 45.5 Å². The van der Waals surface area contributed by atoms with Crippen molar-refractivity contribution in [1.82, 2.24) is 0 Å². The Bertz CT molecular complexity index is 2230. The van der Waals surface area contributed by atoms with Crippen LogP contribution in [0.3, 0.4) is 0 Å². The second-order valence-corrected chi connectivity index (χ2v) is 13.8. The van der Waals surface area contributed by atoms with Crippen LogP contribution in [0.2, 0.25) is 0 Å². The van der Waals surface area contributed by atoms with E-state index in [-0.39, 0.29) is 6.71 Å². The van der Waals surface area contributed by atoms with Gasteiger partial charge >= 0.3 is 0 Å². The normalized spacial score (nSPS) is 12.8. The average Bonchev–Trinajstić information content (AvgIpc) is 3.11. The number of fused-ring (bicyclic) bond motifs is 6. The Morgan fingerprint density at radius 3 is 1.35 bits per heavy atom. The van der Waals surface area contributed by atoms with Crippen molar-refractivity contribution < 1.29 is 9.47 Å². The number of nitrogens with zero attached hydrogens (tertiary/aromatic N) is 1. The first-order chi connectivity index (χ1) is 23.4. The molecule has 0 N–H and O–H groups in total. The van der Waals surface area contributed by atoms with Gasteiger partial charge in [-0.3, -0.25) is 0 Å². The predicted octanol–water partition coefficient (Wildman–Crippen LogP) is 10.4. The van der Waals surface area contributed by atoms with Gasteiger partial charge in [-0.15, -0.1) is 0 Å². The van der Waals surface area contributed by atoms with Gasteiger partial charge in [-0.05, 0) is 91.8 Å². The molecule has 2 heterocycles. The van der Waals surface area contributed by atoms with Gasteiger partial charge in [0.05, 0.1) is 5.69 Å². The third-order valence-corrected chi connectivity index (χ3v) is 10.1. The van der Waals surface area contributed by atoms with Crippen LogP contribution in [-0.2, 0) is 0 Å². The highest BCUT2D eigenvalue weighted by atomic mass is 16.5. The molecule has 0 atom stereocenters. The van der Waals surface area contributed by atoms with E-state index in [9.17, 15) is 0 Å². The highest BCUT2D eigenvalue weighted by Crippen LogP contribution is 2.44. The van der Waals surface area contributed by atoms with Crippen LogP contribution in [-0.4, -0.2) is 6.71 Å². The van der Waals surface area contributed by atoms with Gasteiger partial charge in [-0.2, -0.15) is 0 Å². The molecule has 0 amide bonds. The van der Waals surface area contributed by atoms with Gasteiger partial charge in [0.1, 0.15) is 23.0 Å². The Morgan fingerprint density at radius 2 is 0.896 bits per heavy atom. The second-order valence-electron chi connectivity index (χ2n) is 13.8. The van der Waals surface area contributed by atoms with Crippen molar-refractivity contribution in [3.05, 3.63) is 145 Å². The molecular formula is C44H36BNO2. The fourth-order valence-corrected chi connectivity index (χ4v) is 7.45. The molecule has 0 radical (unpaired) electrons. The van der Waals surface area contributed by atoms with E-state index in [2.05, 4.69) is 166 Å². The lowest BCUT2D eigenvalue weighted by molar-refractivity contribution is 0.464. The molecule has 7 aromatic carbocycles. The smallest absolute Gasteiger partial charge is 0.260 e. The molecule has 0 fully saturated rings. The van der Waals surface area contributed by atoms with E-state index in [0.29, 0.717) is 11.8 Å². The van der Waals surface area contributed by atoms with Gasteiger partial charge in [0.2, 0.25) is 0 Å². The highest BCUT2D eigenvalue weighted by Gasteiger charge is 2.41. The van der Waals surface area contributed by atoms with Crippen LogP contribution >= 0.6 is 0 Å². The third kappa shape index (κ3) is 4.66. The maximum atomic E-state index is 6.85. The number of anilines is 3. The summed E-state index contributed by atoms with van der Waals surface area (Å²) in [5.74, 6) is 4.32. The molecule has 2 aliphatic heterocycles. The average molecular weight is 622 g/mol. The summed E-state index contributed by atoms with van der Waals surface area (Å²) in [7, 11) is 0. The molecule has 4 heteroatoms. The summed E-state index contributed by atoms with van der Waals surface area (Å²) < 4.78 is 13.7. The largest absolute Gasteiger partial charge is 0.458 e. The number of ether oxygens (including phenoxy) is 2. The van der Waals surface area contributed by atoms with Crippen LogP contribution in [0.25, 0.3) is 21.5 Å². The van der Waals surface area contributed by atoms with Gasteiger partial charge in [-0.1, -0.05) is 113 Å². The topological polar surface area (TPSA) is 21.7 Å². The Balaban J connectivity index is 1.28. The zero-order valence-electron chi connectivity index (χ0n) is 27.7. The summed E-state index contributed by atoms with van der Waals surface area (Å²) in [6, 6.07) is 48.2. The Morgan fingerprint density at radius 1 is 0.438 bits per heavy atom. The van der Waals surface area contributed by atoms with Crippen molar-refractivity contribution in [1.29, 1.82) is 0 Å². The van der Waals surface area contributed by atoms with E-state index < -0.39 is 0 Å². The minimum absolute atomic E-state index is 0.0173. The molecule has 0 aliphatic carbocycles. The molecule has 7 aromatic rings. The van der Waals surface area contributed by atoms with E-state index in [1.807, 2.05) is 0 Å². The standard InChI is InChI=1S/C44H36BNO2/c1-27(2)31-15-19-40-38(23-31)45-39-24-32(28(3)4)16-20-41(39)48-43-26-37(25-42(47-40)44(43)45)46(35-17-13-29-9-5-7-11-33(29)21-35)36-18-14-30-10-6-8-12-34(30)22-36/h5-28H,1-4H3. The quantitative estimate of drug-likeness (QED) is 0.179. The summed E-state index contributed by atoms with van der Waals surface area (Å²) in [6.07, 6.45) is 0. The molecular weight excluding hydrogens is 585 g/mol. The minimum atomic E-state index is 0.0173. The summed E-state index contributed by atoms with van der Waals surface area (Å²) in [6.45, 7) is 9.02. The summed E-state index contributed by atoms with van der Waals surface area (Å²) in [4.78, 5) is 2.33. The molecule has 0 aromatic heterocycles. The van der Waals surface area contributed by atoms with E-state index in [1.54, 1.807) is 0 Å². The number of hydrogen-bond donors (Lipinski definition) is 0. The molecule has 48 heavy (non-hydrogen) atoms. The first-order valence-electron chi connectivity index (χ1n) is 17.0. The number of benzene rings is 7. The molecule has 0 saturated heterocycles. The number of hydrogen-bond acceptors (Lipinski definition) is 3. The van der Waals surface area contributed by atoms with Crippen molar-refractivity contribution in [2.75, 3.05) is 4.90 Å². The maximum Gasteiger partial charge on any atom is 0.260 e. The SMILES string of the molecule is CC(C)c1ccc2c(c1)B1c3cc(C(C)C)ccc3Oc3cc(N(c4ccc5ccccc5c4)c4ccc5ccccc5c4)cc(c31)O2. The molecule has 0 unspecified atom stereocenters. The van der Waals surface area contributed by atoms with Crippen molar-refractivity contribution in [3.8, 4) is 23.0 Å². The Labute approximate surface area is 282 Å². The highest BCUT2D eigenvalue weighted by molar-refractivity contribution is 6.98. The number of rotatable bonds is 5. The third-order valence-electron chi connectivity index (χ3n) is 10.1. The molecule has 0 bridgehead atoms. The maximum absolute atomic E-state index is 6.85. The van der Waals surface area contributed by atoms with Crippen LogP contribution < -0.4 is 30.8 Å². The van der Waals surface area contributed by atoms with Gasteiger partial charge in [-0.25, -0.2) is 0 Å². The van der Waals surface area contributed by atoms with Crippen molar-refractivity contribution in [3.63, 3.8) is 0 Å². The van der Waals surface area contributed by atoms with Gasteiger partial charge in [0.15, 0.2) is 0 Å². The van der Waals surface area contributed by atoms with Crippen LogP contribution in [0.4, 0.5) is 17.1 Å². The minimum Gasteiger partial charge on any atom is -0.458 e. The van der Waals surface area contributed by atoms with Crippen molar-refractivity contribution >= 4 is 61.7 Å². The van der Waals surface area contributed by atoms with Crippen LogP contribution in [0.1, 0.15) is 50.7 Å². The molecule has 0 spiro atoms. The summed E-state index contributed by atoms with van der Waals surface area (Å²) >= 11 is 0. The van der Waals surface area contributed by atoms with E-state index in [1.165, 1.54) is 43.6 Å². The molecule has 0 saturated carbocycles. The lowest BCUT2D eigenvalue weighted by atomic mass is 9.34. The monoisotopic (exact) mass is 621 g/mol. The molecule has 232 valence electrons. The van der Waals surface area contributed by atoms with E-state index >= 15 is 0 Å². The predicted molar refractivity (Wildman–Crippen MR) is 202 cm³/mol. The fraction of sp³-hybridized carbons (Fsp3) is 0.136. The molecule has 3 nitrogen and oxygen atoms in total. The zero-order chi connectivity index (χ0) is 32.5. The molecule has 2 aliphatic rings. The Kier molecular flexibility index (Phi) is 6.62. The van der Waals surface area contributed by atoms with Gasteiger partial charge in [0.25, 0.3) is 6.71 Å². The lowest BCUT2D eigenvalue weighted by Gasteiger charge is -2.35. The van der Waals surface area contributed by atoms with E-state index in [4.69, 9.17) is 9.47 Å². The Hall–Kier alpha value is -5.48. The second kappa shape index (κ2) is 11.1. The van der Waals surface area contributed by atoms with Crippen LogP contribution in [0.5, 0.6) is 23.0 Å².